The van der Waals surface area contributed by atoms with Crippen LogP contribution in [0.15, 0.2) is 48.5 Å². The van der Waals surface area contributed by atoms with Crippen LogP contribution in [0, 0.1) is 0 Å². The van der Waals surface area contributed by atoms with Crippen molar-refractivity contribution in [1.29, 1.82) is 0 Å². The molecule has 4 nitrogen and oxygen atoms in total. The van der Waals surface area contributed by atoms with E-state index in [2.05, 4.69) is 17.1 Å². The van der Waals surface area contributed by atoms with Crippen LogP contribution >= 0.6 is 11.6 Å². The van der Waals surface area contributed by atoms with E-state index >= 15 is 0 Å². The number of hydrogen-bond donors (Lipinski definition) is 2. The minimum Gasteiger partial charge on any atom is -0.388 e. The highest BCUT2D eigenvalue weighted by Crippen LogP contribution is 2.21. The predicted molar refractivity (Wildman–Crippen MR) is 95.0 cm³/mol. The van der Waals surface area contributed by atoms with Crippen LogP contribution in [0.25, 0.3) is 0 Å². The van der Waals surface area contributed by atoms with Crippen molar-refractivity contribution in [3.05, 3.63) is 59.1 Å². The second-order valence-electron chi connectivity index (χ2n) is 5.38. The summed E-state index contributed by atoms with van der Waals surface area (Å²) >= 11 is 5.82. The first kappa shape index (κ1) is 17.3. The third kappa shape index (κ3) is 4.98. The smallest absolute Gasteiger partial charge is 0.227 e. The van der Waals surface area contributed by atoms with E-state index in [-0.39, 0.29) is 12.3 Å². The summed E-state index contributed by atoms with van der Waals surface area (Å²) in [6.45, 7) is 2.94. The van der Waals surface area contributed by atoms with Crippen molar-refractivity contribution in [3.63, 3.8) is 0 Å². The van der Waals surface area contributed by atoms with Crippen LogP contribution in [0.4, 0.5) is 11.4 Å². The van der Waals surface area contributed by atoms with Crippen molar-refractivity contribution in [2.75, 3.05) is 23.8 Å². The number of nitrogens with one attached hydrogen (secondary N) is 1. The van der Waals surface area contributed by atoms with Gasteiger partial charge in [-0.1, -0.05) is 29.8 Å². The first-order valence-electron chi connectivity index (χ1n) is 7.54. The molecule has 0 aliphatic rings. The Labute approximate surface area is 141 Å². The van der Waals surface area contributed by atoms with E-state index in [0.717, 1.165) is 17.9 Å². The Morgan fingerprint density at radius 3 is 2.61 bits per heavy atom. The SMILES string of the molecule is CCN(C)c1cccc(NC(=O)CC(O)c2ccc(Cl)cc2)c1. The standard InChI is InChI=1S/C18H21ClN2O2/c1-3-21(2)16-6-4-5-15(11-16)20-18(23)12-17(22)13-7-9-14(19)10-8-13/h4-11,17,22H,3,12H2,1-2H3,(H,20,23). The molecular weight excluding hydrogens is 312 g/mol. The van der Waals surface area contributed by atoms with Crippen molar-refractivity contribution < 1.29 is 9.90 Å². The molecule has 0 aliphatic carbocycles. The maximum atomic E-state index is 12.1. The van der Waals surface area contributed by atoms with Gasteiger partial charge in [0, 0.05) is 30.0 Å². The van der Waals surface area contributed by atoms with Crippen LogP contribution in [-0.4, -0.2) is 24.6 Å². The molecule has 1 unspecified atom stereocenters. The number of benzene rings is 2. The number of halogens is 1. The van der Waals surface area contributed by atoms with Crippen LogP contribution in [0.3, 0.4) is 0 Å². The van der Waals surface area contributed by atoms with E-state index in [0.29, 0.717) is 10.6 Å². The highest BCUT2D eigenvalue weighted by Gasteiger charge is 2.13. The number of anilines is 2. The summed E-state index contributed by atoms with van der Waals surface area (Å²) in [4.78, 5) is 14.2. The lowest BCUT2D eigenvalue weighted by Crippen LogP contribution is -2.17. The monoisotopic (exact) mass is 332 g/mol. The van der Waals surface area contributed by atoms with Gasteiger partial charge in [-0.25, -0.2) is 0 Å². The van der Waals surface area contributed by atoms with Gasteiger partial charge < -0.3 is 15.3 Å². The first-order chi connectivity index (χ1) is 11.0. The minimum absolute atomic E-state index is 0.00449. The van der Waals surface area contributed by atoms with Crippen molar-refractivity contribution in [1.82, 2.24) is 0 Å². The van der Waals surface area contributed by atoms with Gasteiger partial charge in [-0.05, 0) is 42.8 Å². The molecule has 0 aliphatic heterocycles. The van der Waals surface area contributed by atoms with Gasteiger partial charge in [-0.3, -0.25) is 4.79 Å². The average molecular weight is 333 g/mol. The molecule has 0 saturated heterocycles. The second-order valence-corrected chi connectivity index (χ2v) is 5.82. The fourth-order valence-corrected chi connectivity index (χ4v) is 2.32. The van der Waals surface area contributed by atoms with Gasteiger partial charge in [0.1, 0.15) is 0 Å². The molecular formula is C18H21ClN2O2. The molecule has 0 spiro atoms. The van der Waals surface area contributed by atoms with Gasteiger partial charge in [0.15, 0.2) is 0 Å². The number of rotatable bonds is 6. The minimum atomic E-state index is -0.853. The zero-order chi connectivity index (χ0) is 16.8. The number of nitrogens with zero attached hydrogens (tertiary/aromatic N) is 1. The average Bonchev–Trinajstić information content (AvgIpc) is 2.54. The molecule has 0 saturated carbocycles. The summed E-state index contributed by atoms with van der Waals surface area (Å²) < 4.78 is 0. The fourth-order valence-electron chi connectivity index (χ4n) is 2.19. The number of carbonyl (C=O) groups excluding carboxylic acids is 1. The molecule has 2 aromatic carbocycles. The Morgan fingerprint density at radius 1 is 1.26 bits per heavy atom. The summed E-state index contributed by atoms with van der Waals surface area (Å²) in [6, 6.07) is 14.5. The molecule has 0 aromatic heterocycles. The molecule has 0 bridgehead atoms. The Morgan fingerprint density at radius 2 is 1.96 bits per heavy atom. The van der Waals surface area contributed by atoms with Gasteiger partial charge in [-0.15, -0.1) is 0 Å². The lowest BCUT2D eigenvalue weighted by Gasteiger charge is -2.18. The van der Waals surface area contributed by atoms with E-state index < -0.39 is 6.10 Å². The lowest BCUT2D eigenvalue weighted by molar-refractivity contribution is -0.118. The first-order valence-corrected chi connectivity index (χ1v) is 7.92. The Bertz CT molecular complexity index is 658. The lowest BCUT2D eigenvalue weighted by atomic mass is 10.1. The summed E-state index contributed by atoms with van der Waals surface area (Å²) in [5.41, 5.74) is 2.42. The van der Waals surface area contributed by atoms with Gasteiger partial charge >= 0.3 is 0 Å². The Hall–Kier alpha value is -2.04. The normalized spacial score (nSPS) is 11.8. The van der Waals surface area contributed by atoms with Gasteiger partial charge in [0.05, 0.1) is 12.5 Å². The second kappa shape index (κ2) is 7.99. The maximum absolute atomic E-state index is 12.1. The van der Waals surface area contributed by atoms with Crippen LogP contribution in [0.2, 0.25) is 5.02 Å². The summed E-state index contributed by atoms with van der Waals surface area (Å²) in [5, 5.41) is 13.5. The van der Waals surface area contributed by atoms with Gasteiger partial charge in [-0.2, -0.15) is 0 Å². The molecule has 2 aromatic rings. The number of aliphatic hydroxyl groups excluding tert-OH is 1. The maximum Gasteiger partial charge on any atom is 0.227 e. The molecule has 2 rings (SSSR count). The Kier molecular flexibility index (Phi) is 6.02. The molecule has 1 amide bonds. The summed E-state index contributed by atoms with van der Waals surface area (Å²) in [5.74, 6) is -0.233. The van der Waals surface area contributed by atoms with Gasteiger partial charge in [0.25, 0.3) is 0 Å². The number of amides is 1. The van der Waals surface area contributed by atoms with E-state index in [1.807, 2.05) is 31.3 Å². The molecule has 122 valence electrons. The molecule has 0 heterocycles. The van der Waals surface area contributed by atoms with E-state index in [1.54, 1.807) is 24.3 Å². The number of aliphatic hydroxyl groups is 1. The molecule has 5 heteroatoms. The zero-order valence-electron chi connectivity index (χ0n) is 13.3. The van der Waals surface area contributed by atoms with Crippen LogP contribution < -0.4 is 10.2 Å². The van der Waals surface area contributed by atoms with E-state index in [9.17, 15) is 9.90 Å². The number of carbonyl (C=O) groups is 1. The highest BCUT2D eigenvalue weighted by atomic mass is 35.5. The zero-order valence-corrected chi connectivity index (χ0v) is 14.0. The molecule has 1 atom stereocenters. The van der Waals surface area contributed by atoms with Crippen molar-refractivity contribution in [2.24, 2.45) is 0 Å². The van der Waals surface area contributed by atoms with Crippen LogP contribution in [0.1, 0.15) is 25.0 Å². The molecule has 0 radical (unpaired) electrons. The van der Waals surface area contributed by atoms with E-state index in [1.165, 1.54) is 0 Å². The third-order valence-electron chi connectivity index (χ3n) is 3.68. The Balaban J connectivity index is 1.98. The topological polar surface area (TPSA) is 52.6 Å². The molecule has 0 fully saturated rings. The third-order valence-corrected chi connectivity index (χ3v) is 3.93. The van der Waals surface area contributed by atoms with Crippen LogP contribution in [0.5, 0.6) is 0 Å². The van der Waals surface area contributed by atoms with E-state index in [4.69, 9.17) is 11.6 Å². The largest absolute Gasteiger partial charge is 0.388 e. The highest BCUT2D eigenvalue weighted by molar-refractivity contribution is 6.30. The number of hydrogen-bond acceptors (Lipinski definition) is 3. The van der Waals surface area contributed by atoms with Crippen molar-refractivity contribution in [2.45, 2.75) is 19.4 Å². The van der Waals surface area contributed by atoms with Gasteiger partial charge in [0.2, 0.25) is 5.91 Å². The van der Waals surface area contributed by atoms with Crippen LogP contribution in [-0.2, 0) is 4.79 Å². The van der Waals surface area contributed by atoms with Crippen molar-refractivity contribution in [3.8, 4) is 0 Å². The van der Waals surface area contributed by atoms with Crippen molar-refractivity contribution >= 4 is 28.9 Å². The fraction of sp³-hybridized carbons (Fsp3) is 0.278. The summed E-state index contributed by atoms with van der Waals surface area (Å²) in [7, 11) is 1.99. The summed E-state index contributed by atoms with van der Waals surface area (Å²) in [6.07, 6.45) is -0.857. The quantitative estimate of drug-likeness (QED) is 0.844. The molecule has 23 heavy (non-hydrogen) atoms. The predicted octanol–water partition coefficient (Wildman–Crippen LogP) is 3.86. The molecule has 2 N–H and O–H groups in total.